The maximum Gasteiger partial charge on any atom is 0.271 e. The molecule has 0 radical (unpaired) electrons. The van der Waals surface area contributed by atoms with Crippen molar-refractivity contribution in [3.05, 3.63) is 34.0 Å². The number of likely N-dealkylation sites (tertiary alicyclic amines) is 1. The first-order valence-electron chi connectivity index (χ1n) is 8.50. The van der Waals surface area contributed by atoms with E-state index in [0.717, 1.165) is 38.2 Å². The summed E-state index contributed by atoms with van der Waals surface area (Å²) in [6.07, 6.45) is 4.15. The molecular formula is C17H25N5OS. The average Bonchev–Trinajstić information content (AvgIpc) is 3.24. The number of carbonyl (C=O) groups is 1. The van der Waals surface area contributed by atoms with Crippen LogP contribution >= 0.6 is 11.3 Å². The number of thiazole rings is 1. The summed E-state index contributed by atoms with van der Waals surface area (Å²) in [6.45, 7) is 7.30. The SMILES string of the molecule is CNC(=O)c1ccn([C@H]2CCCN(Cc3csc(C(C)C)n3)C2)n1. The fraction of sp³-hybridized carbons (Fsp3) is 0.588. The zero-order valence-electron chi connectivity index (χ0n) is 14.5. The molecule has 0 aliphatic carbocycles. The molecule has 7 heteroatoms. The largest absolute Gasteiger partial charge is 0.354 e. The summed E-state index contributed by atoms with van der Waals surface area (Å²) in [5.41, 5.74) is 1.64. The Labute approximate surface area is 146 Å². The molecule has 1 N–H and O–H groups in total. The minimum atomic E-state index is -0.134. The molecule has 24 heavy (non-hydrogen) atoms. The van der Waals surface area contributed by atoms with Crippen LogP contribution in [0.1, 0.15) is 59.8 Å². The van der Waals surface area contributed by atoms with Crippen LogP contribution in [-0.2, 0) is 6.54 Å². The van der Waals surface area contributed by atoms with E-state index in [1.165, 1.54) is 5.01 Å². The van der Waals surface area contributed by atoms with Gasteiger partial charge in [0.2, 0.25) is 0 Å². The minimum absolute atomic E-state index is 0.134. The summed E-state index contributed by atoms with van der Waals surface area (Å²) in [6, 6.07) is 2.10. The highest BCUT2D eigenvalue weighted by Crippen LogP contribution is 2.24. The summed E-state index contributed by atoms with van der Waals surface area (Å²) in [4.78, 5) is 18.8. The van der Waals surface area contributed by atoms with E-state index < -0.39 is 0 Å². The third-order valence-corrected chi connectivity index (χ3v) is 5.57. The molecule has 2 aromatic rings. The molecule has 1 saturated heterocycles. The first-order chi connectivity index (χ1) is 11.6. The van der Waals surface area contributed by atoms with Gasteiger partial charge in [0, 0.05) is 37.6 Å². The zero-order valence-corrected chi connectivity index (χ0v) is 15.3. The Balaban J connectivity index is 1.63. The number of rotatable bonds is 5. The highest BCUT2D eigenvalue weighted by atomic mass is 32.1. The van der Waals surface area contributed by atoms with E-state index in [-0.39, 0.29) is 5.91 Å². The first-order valence-corrected chi connectivity index (χ1v) is 9.38. The smallest absolute Gasteiger partial charge is 0.271 e. The molecule has 1 amide bonds. The maximum atomic E-state index is 11.7. The van der Waals surface area contributed by atoms with Crippen molar-refractivity contribution in [3.8, 4) is 0 Å². The second-order valence-electron chi connectivity index (χ2n) is 6.62. The fourth-order valence-electron chi connectivity index (χ4n) is 3.07. The number of amides is 1. The molecule has 3 rings (SSSR count). The van der Waals surface area contributed by atoms with E-state index in [0.29, 0.717) is 17.7 Å². The Morgan fingerprint density at radius 2 is 2.33 bits per heavy atom. The van der Waals surface area contributed by atoms with Crippen LogP contribution in [0.4, 0.5) is 0 Å². The number of hydrogen-bond donors (Lipinski definition) is 1. The van der Waals surface area contributed by atoms with Crippen molar-refractivity contribution in [2.24, 2.45) is 0 Å². The predicted octanol–water partition coefficient (Wildman–Crippen LogP) is 2.66. The summed E-state index contributed by atoms with van der Waals surface area (Å²) in [7, 11) is 1.63. The Bertz CT molecular complexity index is 693. The highest BCUT2D eigenvalue weighted by Gasteiger charge is 2.23. The molecule has 6 nitrogen and oxygen atoms in total. The monoisotopic (exact) mass is 347 g/mol. The van der Waals surface area contributed by atoms with Crippen molar-refractivity contribution < 1.29 is 4.79 Å². The Morgan fingerprint density at radius 1 is 1.50 bits per heavy atom. The van der Waals surface area contributed by atoms with Crippen LogP contribution in [0.25, 0.3) is 0 Å². The Hall–Kier alpha value is -1.73. The van der Waals surface area contributed by atoms with Crippen LogP contribution in [0.5, 0.6) is 0 Å². The topological polar surface area (TPSA) is 63.1 Å². The van der Waals surface area contributed by atoms with Crippen LogP contribution in [0.3, 0.4) is 0 Å². The second-order valence-corrected chi connectivity index (χ2v) is 7.51. The van der Waals surface area contributed by atoms with E-state index in [1.807, 2.05) is 10.9 Å². The van der Waals surface area contributed by atoms with Gasteiger partial charge in [0.15, 0.2) is 0 Å². The summed E-state index contributed by atoms with van der Waals surface area (Å²) in [5, 5.41) is 10.4. The van der Waals surface area contributed by atoms with Gasteiger partial charge in [-0.15, -0.1) is 11.3 Å². The van der Waals surface area contributed by atoms with Crippen molar-refractivity contribution in [3.63, 3.8) is 0 Å². The standard InChI is InChI=1S/C17H25N5OS/c1-12(2)17-19-13(11-24-17)9-21-7-4-5-14(10-21)22-8-6-15(20-22)16(23)18-3/h6,8,11-12,14H,4-5,7,9-10H2,1-3H3,(H,18,23)/t14-/m0/s1. The number of piperidine rings is 1. The van der Waals surface area contributed by atoms with Crippen LogP contribution in [0, 0.1) is 0 Å². The van der Waals surface area contributed by atoms with Gasteiger partial charge in [-0.1, -0.05) is 13.8 Å². The molecule has 1 atom stereocenters. The Kier molecular flexibility index (Phi) is 5.30. The van der Waals surface area contributed by atoms with Gasteiger partial charge in [0.05, 0.1) is 16.7 Å². The van der Waals surface area contributed by atoms with Crippen molar-refractivity contribution >= 4 is 17.2 Å². The van der Waals surface area contributed by atoms with Gasteiger partial charge < -0.3 is 5.32 Å². The van der Waals surface area contributed by atoms with Gasteiger partial charge in [0.25, 0.3) is 5.91 Å². The quantitative estimate of drug-likeness (QED) is 0.903. The lowest BCUT2D eigenvalue weighted by atomic mass is 10.1. The van der Waals surface area contributed by atoms with Gasteiger partial charge in [-0.05, 0) is 25.5 Å². The molecule has 1 aliphatic heterocycles. The van der Waals surface area contributed by atoms with E-state index in [4.69, 9.17) is 4.98 Å². The molecule has 0 saturated carbocycles. The van der Waals surface area contributed by atoms with Crippen LogP contribution in [-0.4, -0.2) is 45.7 Å². The van der Waals surface area contributed by atoms with Crippen LogP contribution in [0.15, 0.2) is 17.6 Å². The number of hydrogen-bond acceptors (Lipinski definition) is 5. The van der Waals surface area contributed by atoms with Crippen molar-refractivity contribution in [1.82, 2.24) is 25.0 Å². The molecule has 0 aromatic carbocycles. The second kappa shape index (κ2) is 7.44. The minimum Gasteiger partial charge on any atom is -0.354 e. The van der Waals surface area contributed by atoms with E-state index >= 15 is 0 Å². The first kappa shape index (κ1) is 17.1. The third-order valence-electron chi connectivity index (χ3n) is 4.37. The lowest BCUT2D eigenvalue weighted by Crippen LogP contribution is -2.36. The van der Waals surface area contributed by atoms with E-state index in [9.17, 15) is 4.79 Å². The fourth-order valence-corrected chi connectivity index (χ4v) is 3.90. The molecule has 0 bridgehead atoms. The number of nitrogens with one attached hydrogen (secondary N) is 1. The number of aromatic nitrogens is 3. The zero-order chi connectivity index (χ0) is 17.1. The van der Waals surface area contributed by atoms with Gasteiger partial charge in [-0.3, -0.25) is 14.4 Å². The van der Waals surface area contributed by atoms with Gasteiger partial charge >= 0.3 is 0 Å². The molecule has 2 aromatic heterocycles. The summed E-state index contributed by atoms with van der Waals surface area (Å²) >= 11 is 1.75. The normalized spacial score (nSPS) is 18.9. The molecule has 130 valence electrons. The van der Waals surface area contributed by atoms with Crippen molar-refractivity contribution in [2.75, 3.05) is 20.1 Å². The van der Waals surface area contributed by atoms with Crippen molar-refractivity contribution in [1.29, 1.82) is 0 Å². The highest BCUT2D eigenvalue weighted by molar-refractivity contribution is 7.09. The third kappa shape index (κ3) is 3.84. The molecule has 0 spiro atoms. The maximum absolute atomic E-state index is 11.7. The lowest BCUT2D eigenvalue weighted by molar-refractivity contribution is 0.0955. The van der Waals surface area contributed by atoms with Gasteiger partial charge in [0.1, 0.15) is 5.69 Å². The summed E-state index contributed by atoms with van der Waals surface area (Å²) in [5.74, 6) is 0.357. The summed E-state index contributed by atoms with van der Waals surface area (Å²) < 4.78 is 1.94. The van der Waals surface area contributed by atoms with E-state index in [1.54, 1.807) is 24.5 Å². The molecule has 0 unspecified atom stereocenters. The van der Waals surface area contributed by atoms with E-state index in [2.05, 4.69) is 34.5 Å². The van der Waals surface area contributed by atoms with Crippen LogP contribution < -0.4 is 5.32 Å². The molecular weight excluding hydrogens is 322 g/mol. The predicted molar refractivity (Wildman–Crippen MR) is 95.4 cm³/mol. The molecule has 3 heterocycles. The lowest BCUT2D eigenvalue weighted by Gasteiger charge is -2.32. The van der Waals surface area contributed by atoms with Gasteiger partial charge in [-0.2, -0.15) is 5.10 Å². The molecule has 1 aliphatic rings. The Morgan fingerprint density at radius 3 is 3.04 bits per heavy atom. The number of carbonyl (C=O) groups excluding carboxylic acids is 1. The number of nitrogens with zero attached hydrogens (tertiary/aromatic N) is 4. The average molecular weight is 347 g/mol. The van der Waals surface area contributed by atoms with Crippen LogP contribution in [0.2, 0.25) is 0 Å². The van der Waals surface area contributed by atoms with Gasteiger partial charge in [-0.25, -0.2) is 4.98 Å². The van der Waals surface area contributed by atoms with Crippen molar-refractivity contribution in [2.45, 2.75) is 45.2 Å². The molecule has 1 fully saturated rings.